The number of benzene rings is 1. The first-order valence-electron chi connectivity index (χ1n) is 8.84. The molecule has 30 heavy (non-hydrogen) atoms. The molecule has 0 aliphatic carbocycles. The van der Waals surface area contributed by atoms with Crippen molar-refractivity contribution < 1.29 is 37.7 Å². The van der Waals surface area contributed by atoms with Gasteiger partial charge in [0.05, 0.1) is 11.2 Å². The Kier molecular flexibility index (Phi) is 7.43. The molecule has 1 unspecified atom stereocenters. The standard InChI is InChI=1S/C17H20N2O3S.C2HF3O2/c1-17(2)6-5-12-7-11(3-4-14(12)22-17)8-18-15(16(20)21)13-9-23-10-19-13;3-2(4,5)1(6)7/h3-4,7,9-10,15,18H,5-6,8H2,1-2H3,(H,20,21);(H,6,7). The number of aromatic nitrogens is 1. The summed E-state index contributed by atoms with van der Waals surface area (Å²) >= 11 is 1.39. The number of aliphatic carboxylic acids is 2. The highest BCUT2D eigenvalue weighted by Gasteiger charge is 2.38. The molecule has 11 heteroatoms. The van der Waals surface area contributed by atoms with E-state index in [1.165, 1.54) is 16.9 Å². The van der Waals surface area contributed by atoms with E-state index in [1.54, 1.807) is 10.9 Å². The van der Waals surface area contributed by atoms with Crippen molar-refractivity contribution in [2.24, 2.45) is 0 Å². The number of halogens is 3. The van der Waals surface area contributed by atoms with Gasteiger partial charge in [0.1, 0.15) is 17.4 Å². The second-order valence-electron chi connectivity index (χ2n) is 7.17. The summed E-state index contributed by atoms with van der Waals surface area (Å²) in [6.07, 6.45) is -3.13. The highest BCUT2D eigenvalue weighted by Crippen LogP contribution is 2.33. The van der Waals surface area contributed by atoms with Gasteiger partial charge in [-0.3, -0.25) is 10.1 Å². The largest absolute Gasteiger partial charge is 0.490 e. The van der Waals surface area contributed by atoms with Crippen molar-refractivity contribution in [3.05, 3.63) is 45.9 Å². The number of nitrogens with one attached hydrogen (secondary N) is 1. The van der Waals surface area contributed by atoms with Gasteiger partial charge in [-0.2, -0.15) is 13.2 Å². The smallest absolute Gasteiger partial charge is 0.488 e. The summed E-state index contributed by atoms with van der Waals surface area (Å²) in [7, 11) is 0. The summed E-state index contributed by atoms with van der Waals surface area (Å²) in [6.45, 7) is 4.67. The van der Waals surface area contributed by atoms with Crippen LogP contribution < -0.4 is 10.1 Å². The lowest BCUT2D eigenvalue weighted by atomic mass is 9.93. The molecule has 0 fully saturated rings. The first-order valence-corrected chi connectivity index (χ1v) is 9.78. The third-order valence-corrected chi connectivity index (χ3v) is 4.86. The monoisotopic (exact) mass is 446 g/mol. The first kappa shape index (κ1) is 23.6. The van der Waals surface area contributed by atoms with Crippen LogP contribution >= 0.6 is 11.3 Å². The lowest BCUT2D eigenvalue weighted by molar-refractivity contribution is -0.192. The second-order valence-corrected chi connectivity index (χ2v) is 7.89. The minimum absolute atomic E-state index is 0.119. The van der Waals surface area contributed by atoms with Crippen LogP contribution in [0.15, 0.2) is 29.1 Å². The number of hydrogen-bond donors (Lipinski definition) is 3. The van der Waals surface area contributed by atoms with Crippen LogP contribution in [0.5, 0.6) is 5.75 Å². The molecule has 1 aliphatic heterocycles. The molecule has 0 spiro atoms. The molecular weight excluding hydrogens is 425 g/mol. The molecule has 3 rings (SSSR count). The fraction of sp³-hybridized carbons (Fsp3) is 0.421. The van der Waals surface area contributed by atoms with E-state index in [4.69, 9.17) is 14.6 Å². The van der Waals surface area contributed by atoms with Gasteiger partial charge in [0, 0.05) is 11.9 Å². The molecule has 7 nitrogen and oxygen atoms in total. The number of thiazole rings is 1. The number of hydrogen-bond acceptors (Lipinski definition) is 6. The molecule has 0 saturated heterocycles. The Morgan fingerprint density at radius 2 is 2.00 bits per heavy atom. The summed E-state index contributed by atoms with van der Waals surface area (Å²) in [5.41, 5.74) is 4.31. The topological polar surface area (TPSA) is 109 Å². The SMILES string of the molecule is CC1(C)CCc2cc(CNC(C(=O)O)c3cscn3)ccc2O1.O=C(O)C(F)(F)F. The molecule has 1 atom stereocenters. The van der Waals surface area contributed by atoms with E-state index in [-0.39, 0.29) is 5.60 Å². The van der Waals surface area contributed by atoms with Crippen LogP contribution in [-0.2, 0) is 22.6 Å². The molecular formula is C19H21F3N2O5S. The van der Waals surface area contributed by atoms with Crippen LogP contribution in [0.2, 0.25) is 0 Å². The Balaban J connectivity index is 0.000000396. The zero-order chi connectivity index (χ0) is 22.5. The number of ether oxygens (including phenoxy) is 1. The number of carboxylic acid groups (broad SMARTS) is 2. The summed E-state index contributed by atoms with van der Waals surface area (Å²) in [5, 5.41) is 21.3. The van der Waals surface area contributed by atoms with Gasteiger partial charge in [0.25, 0.3) is 0 Å². The van der Waals surface area contributed by atoms with Crippen LogP contribution in [0.4, 0.5) is 13.2 Å². The quantitative estimate of drug-likeness (QED) is 0.641. The fourth-order valence-corrected chi connectivity index (χ4v) is 3.30. The van der Waals surface area contributed by atoms with E-state index in [2.05, 4.69) is 30.2 Å². The Morgan fingerprint density at radius 3 is 2.53 bits per heavy atom. The molecule has 1 aromatic carbocycles. The van der Waals surface area contributed by atoms with Crippen LogP contribution in [-0.4, -0.2) is 38.9 Å². The molecule has 1 aliphatic rings. The lowest BCUT2D eigenvalue weighted by Crippen LogP contribution is -2.32. The van der Waals surface area contributed by atoms with E-state index in [0.29, 0.717) is 12.2 Å². The summed E-state index contributed by atoms with van der Waals surface area (Å²) in [6, 6.07) is 5.27. The Morgan fingerprint density at radius 1 is 1.33 bits per heavy atom. The molecule has 0 amide bonds. The summed E-state index contributed by atoms with van der Waals surface area (Å²) < 4.78 is 37.7. The maximum Gasteiger partial charge on any atom is 0.490 e. The van der Waals surface area contributed by atoms with Gasteiger partial charge < -0.3 is 14.9 Å². The van der Waals surface area contributed by atoms with E-state index in [1.807, 2.05) is 12.1 Å². The predicted octanol–water partition coefficient (Wildman–Crippen LogP) is 3.80. The minimum Gasteiger partial charge on any atom is -0.488 e. The number of nitrogens with zero attached hydrogens (tertiary/aromatic N) is 1. The normalized spacial score (nSPS) is 15.8. The average Bonchev–Trinajstić information content (AvgIpc) is 3.15. The van der Waals surface area contributed by atoms with E-state index in [9.17, 15) is 23.1 Å². The summed E-state index contributed by atoms with van der Waals surface area (Å²) in [4.78, 5) is 24.4. The van der Waals surface area contributed by atoms with Gasteiger partial charge in [-0.05, 0) is 43.9 Å². The van der Waals surface area contributed by atoms with Crippen molar-refractivity contribution in [1.29, 1.82) is 0 Å². The van der Waals surface area contributed by atoms with Crippen LogP contribution in [0.3, 0.4) is 0 Å². The third kappa shape index (κ3) is 6.70. The molecule has 2 aromatic rings. The van der Waals surface area contributed by atoms with Crippen molar-refractivity contribution in [3.63, 3.8) is 0 Å². The van der Waals surface area contributed by atoms with Crippen LogP contribution in [0, 0.1) is 0 Å². The molecule has 2 heterocycles. The van der Waals surface area contributed by atoms with Gasteiger partial charge in [-0.1, -0.05) is 12.1 Å². The zero-order valence-corrected chi connectivity index (χ0v) is 17.0. The van der Waals surface area contributed by atoms with Gasteiger partial charge in [-0.15, -0.1) is 11.3 Å². The van der Waals surface area contributed by atoms with Gasteiger partial charge in [-0.25, -0.2) is 9.78 Å². The van der Waals surface area contributed by atoms with Crippen molar-refractivity contribution in [1.82, 2.24) is 10.3 Å². The summed E-state index contributed by atoms with van der Waals surface area (Å²) in [5.74, 6) is -2.74. The number of rotatable bonds is 5. The maximum absolute atomic E-state index is 11.4. The number of carbonyl (C=O) groups is 2. The Labute approximate surface area is 174 Å². The highest BCUT2D eigenvalue weighted by molar-refractivity contribution is 7.07. The van der Waals surface area contributed by atoms with Crippen molar-refractivity contribution in [2.45, 2.75) is 51.1 Å². The fourth-order valence-electron chi connectivity index (χ4n) is 2.72. The van der Waals surface area contributed by atoms with E-state index in [0.717, 1.165) is 24.2 Å². The van der Waals surface area contributed by atoms with Gasteiger partial charge >= 0.3 is 18.1 Å². The zero-order valence-electron chi connectivity index (χ0n) is 16.2. The van der Waals surface area contributed by atoms with Crippen molar-refractivity contribution in [2.75, 3.05) is 0 Å². The van der Waals surface area contributed by atoms with Crippen molar-refractivity contribution >= 4 is 23.3 Å². The molecule has 0 bridgehead atoms. The Hall–Kier alpha value is -2.66. The average molecular weight is 446 g/mol. The second kappa shape index (κ2) is 9.43. The van der Waals surface area contributed by atoms with E-state index >= 15 is 0 Å². The molecule has 1 aromatic heterocycles. The minimum atomic E-state index is -5.08. The third-order valence-electron chi connectivity index (χ3n) is 4.25. The number of fused-ring (bicyclic) bond motifs is 1. The van der Waals surface area contributed by atoms with Gasteiger partial charge in [0.15, 0.2) is 0 Å². The Bertz CT molecular complexity index is 885. The van der Waals surface area contributed by atoms with Crippen LogP contribution in [0.1, 0.15) is 43.1 Å². The number of carboxylic acids is 2. The molecule has 3 N–H and O–H groups in total. The predicted molar refractivity (Wildman–Crippen MR) is 102 cm³/mol. The number of alkyl halides is 3. The van der Waals surface area contributed by atoms with Crippen molar-refractivity contribution in [3.8, 4) is 5.75 Å². The highest BCUT2D eigenvalue weighted by atomic mass is 32.1. The van der Waals surface area contributed by atoms with Crippen LogP contribution in [0.25, 0.3) is 0 Å². The first-order chi connectivity index (χ1) is 13.9. The van der Waals surface area contributed by atoms with Gasteiger partial charge in [0.2, 0.25) is 0 Å². The molecule has 0 saturated carbocycles. The maximum atomic E-state index is 11.4. The lowest BCUT2D eigenvalue weighted by Gasteiger charge is -2.32. The molecule has 164 valence electrons. The molecule has 0 radical (unpaired) electrons. The number of aryl methyl sites for hydroxylation is 1. The van der Waals surface area contributed by atoms with E-state index < -0.39 is 24.2 Å².